The second kappa shape index (κ2) is 6.33. The predicted octanol–water partition coefficient (Wildman–Crippen LogP) is 1.49. The second-order valence-electron chi connectivity index (χ2n) is 5.17. The Kier molecular flexibility index (Phi) is 4.73. The molecule has 5 nitrogen and oxygen atoms in total. The molecule has 20 heavy (non-hydrogen) atoms. The summed E-state index contributed by atoms with van der Waals surface area (Å²) < 4.78 is 16.2. The summed E-state index contributed by atoms with van der Waals surface area (Å²) in [5.74, 6) is 2.11. The van der Waals surface area contributed by atoms with Crippen molar-refractivity contribution in [2.24, 2.45) is 0 Å². The molecule has 0 bridgehead atoms. The van der Waals surface area contributed by atoms with E-state index in [0.29, 0.717) is 23.8 Å². The van der Waals surface area contributed by atoms with Gasteiger partial charge in [0.05, 0.1) is 27.4 Å². The van der Waals surface area contributed by atoms with E-state index in [4.69, 9.17) is 14.2 Å². The van der Waals surface area contributed by atoms with E-state index in [1.54, 1.807) is 21.3 Å². The van der Waals surface area contributed by atoms with E-state index < -0.39 is 6.10 Å². The zero-order valence-electron chi connectivity index (χ0n) is 12.5. The average molecular weight is 281 g/mol. The van der Waals surface area contributed by atoms with Crippen molar-refractivity contribution in [2.75, 3.05) is 41.5 Å². The lowest BCUT2D eigenvalue weighted by molar-refractivity contribution is 0.0619. The van der Waals surface area contributed by atoms with Gasteiger partial charge in [-0.3, -0.25) is 0 Å². The van der Waals surface area contributed by atoms with Gasteiger partial charge < -0.3 is 24.2 Å². The van der Waals surface area contributed by atoms with E-state index in [9.17, 15) is 5.11 Å². The van der Waals surface area contributed by atoms with E-state index in [0.717, 1.165) is 18.5 Å². The number of aliphatic hydroxyl groups excluding tert-OH is 1. The summed E-state index contributed by atoms with van der Waals surface area (Å²) in [4.78, 5) is 2.13. The molecule has 1 fully saturated rings. The van der Waals surface area contributed by atoms with Gasteiger partial charge in [-0.05, 0) is 20.0 Å². The molecule has 0 aromatic heterocycles. The summed E-state index contributed by atoms with van der Waals surface area (Å²) in [5, 5.41) is 10.4. The van der Waals surface area contributed by atoms with E-state index in [-0.39, 0.29) is 5.92 Å². The molecular weight excluding hydrogens is 258 g/mol. The molecule has 5 heteroatoms. The lowest BCUT2D eigenvalue weighted by atomic mass is 9.86. The monoisotopic (exact) mass is 281 g/mol. The van der Waals surface area contributed by atoms with Crippen molar-refractivity contribution >= 4 is 0 Å². The Bertz CT molecular complexity index is 438. The fourth-order valence-electron chi connectivity index (χ4n) is 2.82. The first-order valence-electron chi connectivity index (χ1n) is 6.77. The molecular formula is C15H23NO4. The van der Waals surface area contributed by atoms with Gasteiger partial charge in [-0.15, -0.1) is 0 Å². The lowest BCUT2D eigenvalue weighted by Crippen LogP contribution is -2.40. The standard InChI is InChI=1S/C15H23NO4/c1-16-6-5-11(12(17)9-16)15-13(19-3)7-10(18-2)8-14(15)20-4/h7-8,11-12,17H,5-6,9H2,1-4H3/t11-,12?/m1/s1. The summed E-state index contributed by atoms with van der Waals surface area (Å²) >= 11 is 0. The number of benzene rings is 1. The molecule has 1 heterocycles. The minimum atomic E-state index is -0.426. The van der Waals surface area contributed by atoms with Gasteiger partial charge >= 0.3 is 0 Å². The fraction of sp³-hybridized carbons (Fsp3) is 0.600. The Balaban J connectivity index is 2.43. The summed E-state index contributed by atoms with van der Waals surface area (Å²) in [5.41, 5.74) is 0.927. The van der Waals surface area contributed by atoms with Crippen molar-refractivity contribution in [3.05, 3.63) is 17.7 Å². The number of ether oxygens (including phenoxy) is 3. The predicted molar refractivity (Wildman–Crippen MR) is 77.0 cm³/mol. The van der Waals surface area contributed by atoms with Crippen molar-refractivity contribution in [2.45, 2.75) is 18.4 Å². The van der Waals surface area contributed by atoms with Crippen LogP contribution in [0.1, 0.15) is 17.9 Å². The number of hydrogen-bond acceptors (Lipinski definition) is 5. The van der Waals surface area contributed by atoms with Crippen molar-refractivity contribution < 1.29 is 19.3 Å². The van der Waals surface area contributed by atoms with Crippen LogP contribution in [0.2, 0.25) is 0 Å². The van der Waals surface area contributed by atoms with Crippen LogP contribution in [0.5, 0.6) is 17.2 Å². The fourth-order valence-corrected chi connectivity index (χ4v) is 2.82. The Morgan fingerprint density at radius 2 is 1.70 bits per heavy atom. The molecule has 1 N–H and O–H groups in total. The highest BCUT2D eigenvalue weighted by Gasteiger charge is 2.32. The third-order valence-corrected chi connectivity index (χ3v) is 3.91. The molecule has 1 saturated heterocycles. The molecule has 0 saturated carbocycles. The first-order chi connectivity index (χ1) is 9.60. The molecule has 1 unspecified atom stereocenters. The van der Waals surface area contributed by atoms with Gasteiger partial charge in [0.25, 0.3) is 0 Å². The molecule has 1 aromatic rings. The summed E-state index contributed by atoms with van der Waals surface area (Å²) in [6.45, 7) is 1.60. The van der Waals surface area contributed by atoms with E-state index in [1.807, 2.05) is 19.2 Å². The number of aliphatic hydroxyl groups is 1. The van der Waals surface area contributed by atoms with Crippen LogP contribution in [0.15, 0.2) is 12.1 Å². The van der Waals surface area contributed by atoms with Crippen LogP contribution in [0.4, 0.5) is 0 Å². The van der Waals surface area contributed by atoms with Crippen LogP contribution in [-0.4, -0.2) is 57.6 Å². The second-order valence-corrected chi connectivity index (χ2v) is 5.17. The Hall–Kier alpha value is -1.46. The topological polar surface area (TPSA) is 51.2 Å². The number of β-amino-alcohol motifs (C(OH)–C–C–N with tert-alkyl or cyclic N) is 1. The highest BCUT2D eigenvalue weighted by molar-refractivity contribution is 5.53. The Labute approximate surface area is 120 Å². The van der Waals surface area contributed by atoms with Crippen LogP contribution in [0.3, 0.4) is 0 Å². The quantitative estimate of drug-likeness (QED) is 0.906. The van der Waals surface area contributed by atoms with Gasteiger partial charge in [-0.25, -0.2) is 0 Å². The number of likely N-dealkylation sites (N-methyl/N-ethyl adjacent to an activating group) is 1. The molecule has 0 radical (unpaired) electrons. The van der Waals surface area contributed by atoms with E-state index in [2.05, 4.69) is 4.90 Å². The molecule has 1 aliphatic rings. The highest BCUT2D eigenvalue weighted by atomic mass is 16.5. The first-order valence-corrected chi connectivity index (χ1v) is 6.77. The van der Waals surface area contributed by atoms with Crippen molar-refractivity contribution in [3.63, 3.8) is 0 Å². The lowest BCUT2D eigenvalue weighted by Gasteiger charge is -2.35. The van der Waals surface area contributed by atoms with Crippen LogP contribution in [0, 0.1) is 0 Å². The largest absolute Gasteiger partial charge is 0.496 e. The number of hydrogen-bond donors (Lipinski definition) is 1. The minimum Gasteiger partial charge on any atom is -0.496 e. The van der Waals surface area contributed by atoms with Gasteiger partial charge in [0.1, 0.15) is 17.2 Å². The van der Waals surface area contributed by atoms with Crippen molar-refractivity contribution in [1.82, 2.24) is 4.90 Å². The van der Waals surface area contributed by atoms with E-state index >= 15 is 0 Å². The first kappa shape index (κ1) is 14.9. The summed E-state index contributed by atoms with van der Waals surface area (Å²) in [6, 6.07) is 3.67. The zero-order chi connectivity index (χ0) is 14.7. The minimum absolute atomic E-state index is 0.0157. The number of methoxy groups -OCH3 is 3. The normalized spacial score (nSPS) is 23.4. The third-order valence-electron chi connectivity index (χ3n) is 3.91. The van der Waals surface area contributed by atoms with Gasteiger partial charge in [-0.1, -0.05) is 0 Å². The highest BCUT2D eigenvalue weighted by Crippen LogP contribution is 2.42. The van der Waals surface area contributed by atoms with Crippen LogP contribution in [-0.2, 0) is 0 Å². The maximum absolute atomic E-state index is 10.4. The molecule has 0 aliphatic carbocycles. The molecule has 112 valence electrons. The molecule has 1 aromatic carbocycles. The smallest absolute Gasteiger partial charge is 0.129 e. The third kappa shape index (κ3) is 2.83. The Morgan fingerprint density at radius 3 is 2.15 bits per heavy atom. The van der Waals surface area contributed by atoms with Gasteiger partial charge in [0.2, 0.25) is 0 Å². The van der Waals surface area contributed by atoms with Gasteiger partial charge in [-0.2, -0.15) is 0 Å². The average Bonchev–Trinajstić information content (AvgIpc) is 2.46. The molecule has 0 amide bonds. The molecule has 0 spiro atoms. The number of rotatable bonds is 4. The van der Waals surface area contributed by atoms with Gasteiger partial charge in [0, 0.05) is 30.2 Å². The van der Waals surface area contributed by atoms with Crippen LogP contribution in [0.25, 0.3) is 0 Å². The number of nitrogens with zero attached hydrogens (tertiary/aromatic N) is 1. The number of likely N-dealkylation sites (tertiary alicyclic amines) is 1. The maximum Gasteiger partial charge on any atom is 0.129 e. The molecule has 2 rings (SSSR count). The number of piperidine rings is 1. The molecule has 1 aliphatic heterocycles. The summed E-state index contributed by atoms with van der Waals surface area (Å²) in [7, 11) is 6.87. The molecule has 2 atom stereocenters. The van der Waals surface area contributed by atoms with E-state index in [1.165, 1.54) is 0 Å². The van der Waals surface area contributed by atoms with Crippen molar-refractivity contribution in [3.8, 4) is 17.2 Å². The SMILES string of the molecule is COc1cc(OC)c([C@@H]2CCN(C)CC2O)c(OC)c1. The van der Waals surface area contributed by atoms with Gasteiger partial charge in [0.15, 0.2) is 0 Å². The zero-order valence-corrected chi connectivity index (χ0v) is 12.5. The van der Waals surface area contributed by atoms with Crippen molar-refractivity contribution in [1.29, 1.82) is 0 Å². The van der Waals surface area contributed by atoms with Crippen LogP contribution >= 0.6 is 0 Å². The Morgan fingerprint density at radius 1 is 1.10 bits per heavy atom. The maximum atomic E-state index is 10.4. The summed E-state index contributed by atoms with van der Waals surface area (Å²) in [6.07, 6.45) is 0.446. The van der Waals surface area contributed by atoms with Crippen LogP contribution < -0.4 is 14.2 Å².